The van der Waals surface area contributed by atoms with E-state index in [1.807, 2.05) is 0 Å². The van der Waals surface area contributed by atoms with Crippen LogP contribution in [-0.4, -0.2) is 31.0 Å². The van der Waals surface area contributed by atoms with Crippen LogP contribution in [0.3, 0.4) is 0 Å². The number of benzene rings is 1. The van der Waals surface area contributed by atoms with E-state index < -0.39 is 0 Å². The van der Waals surface area contributed by atoms with E-state index in [4.69, 9.17) is 5.73 Å². The normalized spacial score (nSPS) is 11.9. The molecular weight excluding hydrogens is 246 g/mol. The van der Waals surface area contributed by atoms with E-state index in [-0.39, 0.29) is 5.91 Å². The third-order valence-corrected chi connectivity index (χ3v) is 3.50. The molecule has 0 aliphatic carbocycles. The minimum atomic E-state index is -0.101. The average Bonchev–Trinajstić information content (AvgIpc) is 2.39. The fourth-order valence-corrected chi connectivity index (χ4v) is 2.37. The van der Waals surface area contributed by atoms with Gasteiger partial charge in [-0.1, -0.05) is 6.92 Å². The molecule has 0 heterocycles. The maximum Gasteiger partial charge on any atom is 0.251 e. The van der Waals surface area contributed by atoms with E-state index in [1.54, 1.807) is 37.0 Å². The lowest BCUT2D eigenvalue weighted by Gasteiger charge is -2.19. The number of amides is 1. The van der Waals surface area contributed by atoms with Crippen molar-refractivity contribution in [1.82, 2.24) is 5.32 Å². The summed E-state index contributed by atoms with van der Waals surface area (Å²) in [7, 11) is 1.62. The molecule has 0 saturated heterocycles. The Morgan fingerprint density at radius 2 is 2.22 bits per heavy atom. The average molecular weight is 267 g/mol. The maximum absolute atomic E-state index is 11.6. The van der Waals surface area contributed by atoms with Crippen LogP contribution in [0.15, 0.2) is 18.2 Å². The van der Waals surface area contributed by atoms with Gasteiger partial charge < -0.3 is 16.4 Å². The minimum Gasteiger partial charge on any atom is -0.397 e. The lowest BCUT2D eigenvalue weighted by Crippen LogP contribution is -2.23. The van der Waals surface area contributed by atoms with Crippen LogP contribution in [0.2, 0.25) is 0 Å². The minimum absolute atomic E-state index is 0.101. The molecule has 1 atom stereocenters. The molecule has 1 rings (SSSR count). The Morgan fingerprint density at radius 3 is 2.78 bits per heavy atom. The zero-order chi connectivity index (χ0) is 13.5. The molecule has 1 aromatic carbocycles. The number of carbonyl (C=O) groups excluding carboxylic acids is 1. The first kappa shape index (κ1) is 14.7. The van der Waals surface area contributed by atoms with Gasteiger partial charge >= 0.3 is 0 Å². The van der Waals surface area contributed by atoms with E-state index in [9.17, 15) is 4.79 Å². The van der Waals surface area contributed by atoms with Crippen LogP contribution in [0.5, 0.6) is 0 Å². The SMILES string of the molecule is CCC(CSC)Nc1cc(C(=O)NC)ccc1N. The van der Waals surface area contributed by atoms with Crippen LogP contribution in [0, 0.1) is 0 Å². The van der Waals surface area contributed by atoms with E-state index in [1.165, 1.54) is 0 Å². The molecule has 100 valence electrons. The Bertz CT molecular complexity index is 409. The highest BCUT2D eigenvalue weighted by molar-refractivity contribution is 7.98. The topological polar surface area (TPSA) is 67.2 Å². The van der Waals surface area contributed by atoms with Gasteiger partial charge in [-0.25, -0.2) is 0 Å². The largest absolute Gasteiger partial charge is 0.397 e. The number of hydrogen-bond donors (Lipinski definition) is 3. The maximum atomic E-state index is 11.6. The molecule has 0 aliphatic heterocycles. The summed E-state index contributed by atoms with van der Waals surface area (Å²) in [5, 5.41) is 6.00. The highest BCUT2D eigenvalue weighted by Gasteiger charge is 2.10. The molecule has 0 aromatic heterocycles. The molecule has 4 nitrogen and oxygen atoms in total. The zero-order valence-electron chi connectivity index (χ0n) is 11.1. The van der Waals surface area contributed by atoms with Gasteiger partial charge in [-0.05, 0) is 30.9 Å². The third kappa shape index (κ3) is 3.84. The van der Waals surface area contributed by atoms with E-state index in [0.717, 1.165) is 17.9 Å². The van der Waals surface area contributed by atoms with Crippen LogP contribution in [0.1, 0.15) is 23.7 Å². The summed E-state index contributed by atoms with van der Waals surface area (Å²) in [5.74, 6) is 0.913. The molecule has 0 aliphatic rings. The van der Waals surface area contributed by atoms with Crippen molar-refractivity contribution in [1.29, 1.82) is 0 Å². The first-order valence-corrected chi connectivity index (χ1v) is 7.38. The van der Waals surface area contributed by atoms with Crippen molar-refractivity contribution in [3.8, 4) is 0 Å². The smallest absolute Gasteiger partial charge is 0.251 e. The number of nitrogens with two attached hydrogens (primary N) is 1. The summed E-state index contributed by atoms with van der Waals surface area (Å²) >= 11 is 1.79. The van der Waals surface area contributed by atoms with Gasteiger partial charge in [0.05, 0.1) is 11.4 Å². The molecule has 0 spiro atoms. The van der Waals surface area contributed by atoms with Gasteiger partial charge in [0.1, 0.15) is 0 Å². The lowest BCUT2D eigenvalue weighted by atomic mass is 10.1. The molecule has 1 amide bonds. The second kappa shape index (κ2) is 7.16. The summed E-state index contributed by atoms with van der Waals surface area (Å²) in [5.41, 5.74) is 8.05. The number of nitrogens with one attached hydrogen (secondary N) is 2. The zero-order valence-corrected chi connectivity index (χ0v) is 11.9. The number of hydrogen-bond acceptors (Lipinski definition) is 4. The van der Waals surface area contributed by atoms with Crippen molar-refractivity contribution in [2.24, 2.45) is 0 Å². The molecule has 18 heavy (non-hydrogen) atoms. The highest BCUT2D eigenvalue weighted by atomic mass is 32.2. The molecule has 1 unspecified atom stereocenters. The molecule has 0 radical (unpaired) electrons. The quantitative estimate of drug-likeness (QED) is 0.691. The summed E-state index contributed by atoms with van der Waals surface area (Å²) < 4.78 is 0. The van der Waals surface area contributed by atoms with Gasteiger partial charge in [-0.2, -0.15) is 11.8 Å². The van der Waals surface area contributed by atoms with Crippen molar-refractivity contribution < 1.29 is 4.79 Å². The van der Waals surface area contributed by atoms with Crippen LogP contribution in [0.25, 0.3) is 0 Å². The van der Waals surface area contributed by atoms with E-state index in [2.05, 4.69) is 23.8 Å². The number of thioether (sulfide) groups is 1. The second-order valence-electron chi connectivity index (χ2n) is 4.09. The standard InChI is InChI=1S/C13H21N3OS/c1-4-10(8-18-3)16-12-7-9(13(17)15-2)5-6-11(12)14/h5-7,10,16H,4,8,14H2,1-3H3,(H,15,17). The van der Waals surface area contributed by atoms with Gasteiger partial charge in [0.2, 0.25) is 0 Å². The van der Waals surface area contributed by atoms with Gasteiger partial charge in [0.15, 0.2) is 0 Å². The van der Waals surface area contributed by atoms with Gasteiger partial charge in [-0.3, -0.25) is 4.79 Å². The monoisotopic (exact) mass is 267 g/mol. The van der Waals surface area contributed by atoms with Crippen molar-refractivity contribution >= 4 is 29.0 Å². The summed E-state index contributed by atoms with van der Waals surface area (Å²) in [6, 6.07) is 5.66. The Kier molecular flexibility index (Phi) is 5.85. The van der Waals surface area contributed by atoms with Crippen molar-refractivity contribution in [2.45, 2.75) is 19.4 Å². The first-order valence-electron chi connectivity index (χ1n) is 5.99. The molecule has 0 saturated carbocycles. The van der Waals surface area contributed by atoms with Crippen LogP contribution in [-0.2, 0) is 0 Å². The first-order chi connectivity index (χ1) is 8.62. The molecule has 1 aromatic rings. The van der Waals surface area contributed by atoms with Crippen LogP contribution in [0.4, 0.5) is 11.4 Å². The Labute approximate surface area is 113 Å². The fraction of sp³-hybridized carbons (Fsp3) is 0.462. The fourth-order valence-electron chi connectivity index (χ4n) is 1.65. The third-order valence-electron chi connectivity index (χ3n) is 2.76. The molecule has 0 fully saturated rings. The predicted octanol–water partition coefficient (Wildman–Crippen LogP) is 2.18. The number of carbonyl (C=O) groups is 1. The summed E-state index contributed by atoms with van der Waals surface area (Å²) in [6.07, 6.45) is 3.10. The summed E-state index contributed by atoms with van der Waals surface area (Å²) in [6.45, 7) is 2.13. The number of rotatable bonds is 6. The number of anilines is 2. The molecule has 0 bridgehead atoms. The van der Waals surface area contributed by atoms with E-state index in [0.29, 0.717) is 17.3 Å². The van der Waals surface area contributed by atoms with Crippen molar-refractivity contribution in [2.75, 3.05) is 30.1 Å². The van der Waals surface area contributed by atoms with Crippen LogP contribution < -0.4 is 16.4 Å². The highest BCUT2D eigenvalue weighted by Crippen LogP contribution is 2.22. The Morgan fingerprint density at radius 1 is 1.50 bits per heavy atom. The van der Waals surface area contributed by atoms with Gasteiger partial charge in [-0.15, -0.1) is 0 Å². The molecular formula is C13H21N3OS. The Hall–Kier alpha value is -1.36. The second-order valence-corrected chi connectivity index (χ2v) is 5.00. The molecule has 4 N–H and O–H groups in total. The summed E-state index contributed by atoms with van der Waals surface area (Å²) in [4.78, 5) is 11.6. The lowest BCUT2D eigenvalue weighted by molar-refractivity contribution is 0.0963. The van der Waals surface area contributed by atoms with Crippen molar-refractivity contribution in [3.63, 3.8) is 0 Å². The Balaban J connectivity index is 2.89. The van der Waals surface area contributed by atoms with Crippen LogP contribution >= 0.6 is 11.8 Å². The van der Waals surface area contributed by atoms with Gasteiger partial charge in [0.25, 0.3) is 5.91 Å². The predicted molar refractivity (Wildman–Crippen MR) is 80.3 cm³/mol. The number of nitrogen functional groups attached to an aromatic ring is 1. The van der Waals surface area contributed by atoms with Crippen molar-refractivity contribution in [3.05, 3.63) is 23.8 Å². The van der Waals surface area contributed by atoms with E-state index >= 15 is 0 Å². The molecule has 5 heteroatoms. The van der Waals surface area contributed by atoms with Gasteiger partial charge in [0, 0.05) is 24.4 Å².